The number of carboxylic acids is 1. The van der Waals surface area contributed by atoms with E-state index in [0.717, 1.165) is 4.47 Å². The SMILES string of the molecule is N#Cc1ccc(Br)cc1N1CC(C(=O)O)CC1=O. The molecule has 0 spiro atoms. The van der Waals surface area contributed by atoms with E-state index in [-0.39, 0.29) is 18.9 Å². The number of carboxylic acid groups (broad SMARTS) is 1. The van der Waals surface area contributed by atoms with Crippen molar-refractivity contribution in [2.45, 2.75) is 6.42 Å². The molecule has 1 aliphatic heterocycles. The number of rotatable bonds is 2. The Morgan fingerprint density at radius 3 is 2.83 bits per heavy atom. The minimum Gasteiger partial charge on any atom is -0.481 e. The maximum absolute atomic E-state index is 11.8. The monoisotopic (exact) mass is 308 g/mol. The van der Waals surface area contributed by atoms with Crippen molar-refractivity contribution in [3.8, 4) is 6.07 Å². The van der Waals surface area contributed by atoms with Gasteiger partial charge in [-0.1, -0.05) is 15.9 Å². The first-order valence-electron chi connectivity index (χ1n) is 5.25. The van der Waals surface area contributed by atoms with E-state index in [9.17, 15) is 9.59 Å². The van der Waals surface area contributed by atoms with Gasteiger partial charge in [-0.15, -0.1) is 0 Å². The Morgan fingerprint density at radius 1 is 1.56 bits per heavy atom. The summed E-state index contributed by atoms with van der Waals surface area (Å²) < 4.78 is 0.739. The lowest BCUT2D eigenvalue weighted by Crippen LogP contribution is -2.26. The number of amides is 1. The average molecular weight is 309 g/mol. The minimum atomic E-state index is -0.987. The number of nitriles is 1. The number of carbonyl (C=O) groups is 2. The smallest absolute Gasteiger partial charge is 0.308 e. The van der Waals surface area contributed by atoms with Gasteiger partial charge in [0.2, 0.25) is 5.91 Å². The van der Waals surface area contributed by atoms with Crippen LogP contribution >= 0.6 is 15.9 Å². The van der Waals surface area contributed by atoms with Gasteiger partial charge >= 0.3 is 5.97 Å². The van der Waals surface area contributed by atoms with Crippen LogP contribution in [0.25, 0.3) is 0 Å². The van der Waals surface area contributed by atoms with Gasteiger partial charge < -0.3 is 10.0 Å². The number of hydrogen-bond donors (Lipinski definition) is 1. The predicted octanol–water partition coefficient (Wildman–Crippen LogP) is 1.76. The van der Waals surface area contributed by atoms with Crippen LogP contribution in [0.2, 0.25) is 0 Å². The third-order valence-corrected chi connectivity index (χ3v) is 3.34. The molecule has 18 heavy (non-hydrogen) atoms. The van der Waals surface area contributed by atoms with Crippen molar-refractivity contribution in [1.29, 1.82) is 5.26 Å². The highest BCUT2D eigenvalue weighted by atomic mass is 79.9. The maximum atomic E-state index is 11.8. The third-order valence-electron chi connectivity index (χ3n) is 2.85. The second-order valence-electron chi connectivity index (χ2n) is 4.02. The van der Waals surface area contributed by atoms with Crippen LogP contribution in [0.15, 0.2) is 22.7 Å². The standard InChI is InChI=1S/C12H9BrN2O3/c13-9-2-1-7(5-14)10(4-9)15-6-8(12(17)18)3-11(15)16/h1-2,4,8H,3,6H2,(H,17,18). The highest BCUT2D eigenvalue weighted by Gasteiger charge is 2.35. The fourth-order valence-corrected chi connectivity index (χ4v) is 2.28. The van der Waals surface area contributed by atoms with E-state index < -0.39 is 11.9 Å². The molecule has 92 valence electrons. The summed E-state index contributed by atoms with van der Waals surface area (Å²) in [7, 11) is 0. The van der Waals surface area contributed by atoms with E-state index in [2.05, 4.69) is 15.9 Å². The molecule has 1 heterocycles. The summed E-state index contributed by atoms with van der Waals surface area (Å²) in [6.45, 7) is 0.110. The summed E-state index contributed by atoms with van der Waals surface area (Å²) in [5.41, 5.74) is 0.818. The van der Waals surface area contributed by atoms with Crippen molar-refractivity contribution in [1.82, 2.24) is 0 Å². The van der Waals surface area contributed by atoms with Gasteiger partial charge in [-0.3, -0.25) is 9.59 Å². The number of carbonyl (C=O) groups excluding carboxylic acids is 1. The largest absolute Gasteiger partial charge is 0.481 e. The van der Waals surface area contributed by atoms with Gasteiger partial charge in [-0.2, -0.15) is 5.26 Å². The molecule has 5 nitrogen and oxygen atoms in total. The minimum absolute atomic E-state index is 0.0211. The highest BCUT2D eigenvalue weighted by Crippen LogP contribution is 2.30. The van der Waals surface area contributed by atoms with Crippen LogP contribution in [0.3, 0.4) is 0 Å². The van der Waals surface area contributed by atoms with Crippen LogP contribution in [0.4, 0.5) is 5.69 Å². The highest BCUT2D eigenvalue weighted by molar-refractivity contribution is 9.10. The Balaban J connectivity index is 2.38. The van der Waals surface area contributed by atoms with Crippen LogP contribution in [-0.2, 0) is 9.59 Å². The zero-order chi connectivity index (χ0) is 13.3. The lowest BCUT2D eigenvalue weighted by Gasteiger charge is -2.17. The molecular weight excluding hydrogens is 300 g/mol. The zero-order valence-electron chi connectivity index (χ0n) is 9.26. The van der Waals surface area contributed by atoms with Crippen molar-refractivity contribution in [2.75, 3.05) is 11.4 Å². The molecule has 0 saturated carbocycles. The lowest BCUT2D eigenvalue weighted by molar-refractivity contribution is -0.141. The van der Waals surface area contributed by atoms with E-state index in [1.807, 2.05) is 6.07 Å². The Labute approximate surface area is 112 Å². The molecule has 1 unspecified atom stereocenters. The van der Waals surface area contributed by atoms with Gasteiger partial charge in [0.1, 0.15) is 6.07 Å². The number of aliphatic carboxylic acids is 1. The lowest BCUT2D eigenvalue weighted by atomic mass is 10.1. The second kappa shape index (κ2) is 4.78. The Morgan fingerprint density at radius 2 is 2.28 bits per heavy atom. The molecule has 1 saturated heterocycles. The van der Waals surface area contributed by atoms with Gasteiger partial charge in [0.25, 0.3) is 0 Å². The third kappa shape index (κ3) is 2.22. The Hall–Kier alpha value is -1.87. The first kappa shape index (κ1) is 12.6. The zero-order valence-corrected chi connectivity index (χ0v) is 10.8. The fourth-order valence-electron chi connectivity index (χ4n) is 1.93. The molecule has 2 rings (SSSR count). The van der Waals surface area contributed by atoms with Gasteiger partial charge in [-0.05, 0) is 18.2 Å². The Bertz CT molecular complexity index is 565. The quantitative estimate of drug-likeness (QED) is 0.902. The van der Waals surface area contributed by atoms with E-state index in [1.54, 1.807) is 18.2 Å². The molecule has 6 heteroatoms. The Kier molecular flexibility index (Phi) is 3.34. The maximum Gasteiger partial charge on any atom is 0.308 e. The summed E-state index contributed by atoms with van der Waals surface area (Å²) in [6, 6.07) is 6.96. The van der Waals surface area contributed by atoms with Crippen molar-refractivity contribution < 1.29 is 14.7 Å². The summed E-state index contributed by atoms with van der Waals surface area (Å²) in [5, 5.41) is 17.9. The number of benzene rings is 1. The van der Waals surface area contributed by atoms with Crippen molar-refractivity contribution in [3.05, 3.63) is 28.2 Å². The molecule has 0 aliphatic carbocycles. The van der Waals surface area contributed by atoms with E-state index in [4.69, 9.17) is 10.4 Å². The number of hydrogen-bond acceptors (Lipinski definition) is 3. The number of halogens is 1. The van der Waals surface area contributed by atoms with Gasteiger partial charge in [-0.25, -0.2) is 0 Å². The van der Waals surface area contributed by atoms with Crippen molar-refractivity contribution in [3.63, 3.8) is 0 Å². The van der Waals surface area contributed by atoms with E-state index in [0.29, 0.717) is 11.3 Å². The van der Waals surface area contributed by atoms with Gasteiger partial charge in [0.05, 0.1) is 17.2 Å². The molecular formula is C12H9BrN2O3. The second-order valence-corrected chi connectivity index (χ2v) is 4.93. The summed E-state index contributed by atoms with van der Waals surface area (Å²) >= 11 is 3.27. The summed E-state index contributed by atoms with van der Waals surface area (Å²) in [6.07, 6.45) is -0.0211. The normalized spacial score (nSPS) is 18.8. The molecule has 1 amide bonds. The number of anilines is 1. The summed E-state index contributed by atoms with van der Waals surface area (Å²) in [4.78, 5) is 24.1. The van der Waals surface area contributed by atoms with Crippen molar-refractivity contribution >= 4 is 33.5 Å². The van der Waals surface area contributed by atoms with Gasteiger partial charge in [0.15, 0.2) is 0 Å². The topological polar surface area (TPSA) is 81.4 Å². The molecule has 0 aromatic heterocycles. The predicted molar refractivity (Wildman–Crippen MR) is 67.0 cm³/mol. The van der Waals surface area contributed by atoms with Gasteiger partial charge in [0, 0.05) is 17.4 Å². The molecule has 1 aromatic rings. The number of nitrogens with zero attached hydrogens (tertiary/aromatic N) is 2. The molecule has 1 N–H and O–H groups in total. The average Bonchev–Trinajstić information content (AvgIpc) is 2.71. The van der Waals surface area contributed by atoms with Crippen molar-refractivity contribution in [2.24, 2.45) is 5.92 Å². The van der Waals surface area contributed by atoms with Crippen LogP contribution < -0.4 is 4.90 Å². The first-order chi connectivity index (χ1) is 8.52. The molecule has 0 bridgehead atoms. The summed E-state index contributed by atoms with van der Waals surface area (Å²) in [5.74, 6) is -1.96. The molecule has 1 aromatic carbocycles. The van der Waals surface area contributed by atoms with E-state index >= 15 is 0 Å². The van der Waals surface area contributed by atoms with Crippen LogP contribution in [0.1, 0.15) is 12.0 Å². The van der Waals surface area contributed by atoms with Crippen LogP contribution in [0, 0.1) is 17.2 Å². The van der Waals surface area contributed by atoms with Crippen LogP contribution in [-0.4, -0.2) is 23.5 Å². The fraction of sp³-hybridized carbons (Fsp3) is 0.250. The molecule has 1 atom stereocenters. The molecule has 1 fully saturated rings. The molecule has 0 radical (unpaired) electrons. The van der Waals surface area contributed by atoms with E-state index in [1.165, 1.54) is 4.90 Å². The first-order valence-corrected chi connectivity index (χ1v) is 6.05. The van der Waals surface area contributed by atoms with Crippen LogP contribution in [0.5, 0.6) is 0 Å². The molecule has 1 aliphatic rings.